The second kappa shape index (κ2) is 18.4. The van der Waals surface area contributed by atoms with E-state index in [1.54, 1.807) is 0 Å². The van der Waals surface area contributed by atoms with E-state index in [0.29, 0.717) is 0 Å². The van der Waals surface area contributed by atoms with Crippen LogP contribution in [0.5, 0.6) is 0 Å². The van der Waals surface area contributed by atoms with Crippen LogP contribution in [0.25, 0.3) is 0 Å². The van der Waals surface area contributed by atoms with Crippen molar-refractivity contribution in [1.82, 2.24) is 0 Å². The van der Waals surface area contributed by atoms with Gasteiger partial charge in [-0.25, -0.2) is 0 Å². The molecule has 0 aromatic heterocycles. The molecule has 0 fully saturated rings. The summed E-state index contributed by atoms with van der Waals surface area (Å²) >= 11 is 0. The van der Waals surface area contributed by atoms with E-state index in [9.17, 15) is 10.2 Å². The van der Waals surface area contributed by atoms with Crippen LogP contribution in [0.15, 0.2) is 60.7 Å². The molecule has 0 bridgehead atoms. The first-order chi connectivity index (χ1) is 15.0. The van der Waals surface area contributed by atoms with Crippen molar-refractivity contribution in [3.8, 4) is 0 Å². The third kappa shape index (κ3) is 16.5. The van der Waals surface area contributed by atoms with E-state index in [0.717, 1.165) is 11.1 Å². The first kappa shape index (κ1) is 30.9. The van der Waals surface area contributed by atoms with Crippen LogP contribution in [-0.2, 0) is 0 Å². The fourth-order valence-electron chi connectivity index (χ4n) is 2.27. The Kier molecular flexibility index (Phi) is 17.8. The van der Waals surface area contributed by atoms with Crippen molar-refractivity contribution >= 4 is 0 Å². The van der Waals surface area contributed by atoms with Gasteiger partial charge in [-0.05, 0) is 25.0 Å². The molecule has 0 saturated carbocycles. The summed E-state index contributed by atoms with van der Waals surface area (Å²) in [6.45, 7) is 4.02. The molecule has 0 aliphatic rings. The summed E-state index contributed by atoms with van der Waals surface area (Å²) in [6, 6.07) is 19.9. The summed E-state index contributed by atoms with van der Waals surface area (Å²) < 4.78 is 0. The molecule has 12 heteroatoms. The predicted octanol–water partition coefficient (Wildman–Crippen LogP) is 0.125. The Hall–Kier alpha value is -3.32. The van der Waals surface area contributed by atoms with E-state index in [1.807, 2.05) is 99.2 Å². The number of quaternary nitrogens is 2. The second-order valence-corrected chi connectivity index (χ2v) is 6.54. The summed E-state index contributed by atoms with van der Waals surface area (Å²) in [5, 5.41) is 53.0. The Morgan fingerprint density at radius 3 is 1.06 bits per heavy atom. The van der Waals surface area contributed by atoms with Gasteiger partial charge in [0, 0.05) is 0 Å². The lowest BCUT2D eigenvalue weighted by atomic mass is 10.0. The van der Waals surface area contributed by atoms with Crippen LogP contribution < -0.4 is 10.6 Å². The first-order valence-corrected chi connectivity index (χ1v) is 9.65. The van der Waals surface area contributed by atoms with Crippen LogP contribution in [0.4, 0.5) is 0 Å². The van der Waals surface area contributed by atoms with Crippen molar-refractivity contribution in [2.24, 2.45) is 0 Å². The number of hydrogen-bond acceptors (Lipinski definition) is 8. The normalized spacial score (nSPS) is 13.2. The van der Waals surface area contributed by atoms with Crippen LogP contribution in [0.2, 0.25) is 0 Å². The van der Waals surface area contributed by atoms with Gasteiger partial charge in [0.05, 0.1) is 24.3 Å². The third-order valence-corrected chi connectivity index (χ3v) is 4.33. The van der Waals surface area contributed by atoms with Gasteiger partial charge in [0.25, 0.3) is 0 Å². The van der Waals surface area contributed by atoms with Crippen LogP contribution in [0.3, 0.4) is 0 Å². The Labute approximate surface area is 186 Å². The van der Waals surface area contributed by atoms with Crippen molar-refractivity contribution in [2.75, 3.05) is 14.1 Å². The number of aliphatic hydroxyl groups is 2. The molecule has 6 N–H and O–H groups in total. The molecule has 0 amide bonds. The average molecular weight is 456 g/mol. The van der Waals surface area contributed by atoms with Crippen LogP contribution in [-0.4, -0.2) is 46.6 Å². The number of hydrogen-bond donors (Lipinski definition) is 4. The number of nitrogens with zero attached hydrogens (tertiary/aromatic N) is 2. The molecule has 2 aromatic rings. The standard InChI is InChI=1S/2C10H15NO.2NO3/c2*1-8(11-2)10(12)9-6-4-3-5-7-9;2*2-1(3)4/h2*3-8,10-12H,1-2H3;;/q;;2*-1/p+2/t2*8-,10-;;/m11../s1. The second-order valence-electron chi connectivity index (χ2n) is 6.54. The minimum absolute atomic E-state index is 0.215. The zero-order chi connectivity index (χ0) is 25.1. The highest BCUT2D eigenvalue weighted by atomic mass is 16.9. The third-order valence-electron chi connectivity index (χ3n) is 4.33. The molecule has 0 radical (unpaired) electrons. The lowest BCUT2D eigenvalue weighted by Gasteiger charge is -2.15. The molecule has 0 spiro atoms. The van der Waals surface area contributed by atoms with E-state index in [2.05, 4.69) is 0 Å². The van der Waals surface area contributed by atoms with Crippen LogP contribution in [0, 0.1) is 30.6 Å². The smallest absolute Gasteiger partial charge is 0.130 e. The van der Waals surface area contributed by atoms with Gasteiger partial charge >= 0.3 is 0 Å². The number of nitrogens with two attached hydrogens (primary N) is 2. The molecule has 0 saturated heterocycles. The van der Waals surface area contributed by atoms with Gasteiger partial charge in [0.2, 0.25) is 0 Å². The maximum atomic E-state index is 9.76. The van der Waals surface area contributed by atoms with Crippen molar-refractivity contribution < 1.29 is 31.0 Å². The molecule has 12 nitrogen and oxygen atoms in total. The zero-order valence-corrected chi connectivity index (χ0v) is 18.5. The monoisotopic (exact) mass is 456 g/mol. The molecular weight excluding hydrogens is 424 g/mol. The topological polar surface area (TPSA) is 206 Å². The van der Waals surface area contributed by atoms with Gasteiger partial charge in [-0.1, -0.05) is 60.7 Å². The molecule has 32 heavy (non-hydrogen) atoms. The van der Waals surface area contributed by atoms with Gasteiger partial charge in [-0.2, -0.15) is 0 Å². The van der Waals surface area contributed by atoms with Gasteiger partial charge in [-0.3, -0.25) is 0 Å². The maximum absolute atomic E-state index is 9.76. The Balaban J connectivity index is 0. The highest BCUT2D eigenvalue weighted by molar-refractivity contribution is 5.18. The predicted molar refractivity (Wildman–Crippen MR) is 118 cm³/mol. The Morgan fingerprint density at radius 2 is 0.875 bits per heavy atom. The number of rotatable bonds is 6. The molecule has 4 atom stereocenters. The SMILES string of the molecule is C[NH2+][C@H](C)[C@@H](O)c1ccccc1.C[NH2+][C@H](C)[C@@H](O)c1ccccc1.O=[N+]([O-])[O-].O=[N+]([O-])[O-]. The lowest BCUT2D eigenvalue weighted by Crippen LogP contribution is -2.86. The minimum Gasteiger partial charge on any atom is -0.382 e. The summed E-state index contributed by atoms with van der Waals surface area (Å²) in [4.78, 5) is 16.5. The van der Waals surface area contributed by atoms with Gasteiger partial charge in [0.15, 0.2) is 0 Å². The summed E-state index contributed by atoms with van der Waals surface area (Å²) in [7, 11) is 3.94. The van der Waals surface area contributed by atoms with Crippen molar-refractivity contribution in [2.45, 2.75) is 38.1 Å². The van der Waals surface area contributed by atoms with Gasteiger partial charge < -0.3 is 51.5 Å². The van der Waals surface area contributed by atoms with Crippen molar-refractivity contribution in [1.29, 1.82) is 0 Å². The Morgan fingerprint density at radius 1 is 0.656 bits per heavy atom. The number of benzene rings is 2. The molecular formula is C20H32N4O8. The fourth-order valence-corrected chi connectivity index (χ4v) is 2.27. The van der Waals surface area contributed by atoms with E-state index < -0.39 is 10.2 Å². The van der Waals surface area contributed by atoms with E-state index in [-0.39, 0.29) is 24.3 Å². The molecule has 0 aliphatic carbocycles. The summed E-state index contributed by atoms with van der Waals surface area (Å²) in [5.74, 6) is 0. The van der Waals surface area contributed by atoms with E-state index in [1.165, 1.54) is 0 Å². The van der Waals surface area contributed by atoms with Gasteiger partial charge in [0.1, 0.15) is 24.3 Å². The van der Waals surface area contributed by atoms with Crippen LogP contribution in [0.1, 0.15) is 37.2 Å². The molecule has 0 heterocycles. The van der Waals surface area contributed by atoms with Crippen molar-refractivity contribution in [3.05, 3.63) is 102 Å². The maximum Gasteiger partial charge on any atom is 0.130 e. The quantitative estimate of drug-likeness (QED) is 0.346. The van der Waals surface area contributed by atoms with Gasteiger partial charge in [-0.15, -0.1) is 0 Å². The molecule has 2 aromatic carbocycles. The first-order valence-electron chi connectivity index (χ1n) is 9.65. The average Bonchev–Trinajstić information content (AvgIpc) is 2.77. The lowest BCUT2D eigenvalue weighted by molar-refractivity contribution is -0.669. The molecule has 0 unspecified atom stereocenters. The molecule has 2 rings (SSSR count). The van der Waals surface area contributed by atoms with E-state index >= 15 is 0 Å². The largest absolute Gasteiger partial charge is 0.382 e. The number of aliphatic hydroxyl groups excluding tert-OH is 2. The Bertz CT molecular complexity index is 665. The highest BCUT2D eigenvalue weighted by Crippen LogP contribution is 2.14. The summed E-state index contributed by atoms with van der Waals surface area (Å²) in [6.07, 6.45) is -0.729. The molecule has 180 valence electrons. The van der Waals surface area contributed by atoms with Crippen molar-refractivity contribution in [3.63, 3.8) is 0 Å². The summed E-state index contributed by atoms with van der Waals surface area (Å²) in [5.41, 5.74) is 1.98. The van der Waals surface area contributed by atoms with Crippen LogP contribution >= 0.6 is 0 Å². The van der Waals surface area contributed by atoms with E-state index in [4.69, 9.17) is 30.6 Å². The minimum atomic E-state index is -1.75. The fraction of sp³-hybridized carbons (Fsp3) is 0.400. The molecule has 0 aliphatic heterocycles. The highest BCUT2D eigenvalue weighted by Gasteiger charge is 2.17. The number of likely N-dealkylation sites (N-methyl/N-ethyl adjacent to an activating group) is 2. The zero-order valence-electron chi connectivity index (χ0n) is 18.5.